The van der Waals surface area contributed by atoms with Crippen molar-refractivity contribution < 1.29 is 4.79 Å². The van der Waals surface area contributed by atoms with Gasteiger partial charge in [0.15, 0.2) is 5.78 Å². The number of carbonyl (C=O) groups excluding carboxylic acids is 1. The first-order valence-corrected chi connectivity index (χ1v) is 7.00. The smallest absolute Gasteiger partial charge is 0.174 e. The van der Waals surface area contributed by atoms with E-state index < -0.39 is 0 Å². The van der Waals surface area contributed by atoms with Crippen LogP contribution in [0.15, 0.2) is 17.5 Å². The largest absolute Gasteiger partial charge is 0.314 e. The van der Waals surface area contributed by atoms with E-state index in [2.05, 4.69) is 24.1 Å². The molecule has 0 unspecified atom stereocenters. The van der Waals surface area contributed by atoms with Gasteiger partial charge in [0.1, 0.15) is 0 Å². The van der Waals surface area contributed by atoms with Gasteiger partial charge >= 0.3 is 0 Å². The number of nitrogens with zero attached hydrogens (tertiary/aromatic N) is 1. The van der Waals surface area contributed by atoms with E-state index in [1.165, 1.54) is 11.3 Å². The van der Waals surface area contributed by atoms with Gasteiger partial charge in [-0.25, -0.2) is 0 Å². The Hall–Kier alpha value is -0.710. The van der Waals surface area contributed by atoms with Crippen LogP contribution in [0.4, 0.5) is 0 Å². The molecule has 1 aromatic rings. The van der Waals surface area contributed by atoms with Crippen molar-refractivity contribution in [1.82, 2.24) is 10.2 Å². The highest BCUT2D eigenvalue weighted by Crippen LogP contribution is 2.23. The summed E-state index contributed by atoms with van der Waals surface area (Å²) < 4.78 is 0. The summed E-state index contributed by atoms with van der Waals surface area (Å²) in [6.07, 6.45) is 0.605. The summed E-state index contributed by atoms with van der Waals surface area (Å²) >= 11 is 1.54. The molecule has 1 aliphatic heterocycles. The molecule has 0 aliphatic carbocycles. The first kappa shape index (κ1) is 12.7. The Morgan fingerprint density at radius 1 is 1.47 bits per heavy atom. The normalized spacial score (nSPS) is 18.2. The van der Waals surface area contributed by atoms with Gasteiger partial charge in [0.2, 0.25) is 0 Å². The van der Waals surface area contributed by atoms with E-state index in [-0.39, 0.29) is 11.3 Å². The van der Waals surface area contributed by atoms with E-state index in [4.69, 9.17) is 0 Å². The molecule has 0 aromatic carbocycles. The van der Waals surface area contributed by atoms with Crippen LogP contribution in [0.2, 0.25) is 0 Å². The van der Waals surface area contributed by atoms with Crippen LogP contribution in [0, 0.1) is 0 Å². The number of carbonyl (C=O) groups is 1. The Bertz CT molecular complexity index is 367. The molecule has 4 heteroatoms. The van der Waals surface area contributed by atoms with Gasteiger partial charge in [-0.1, -0.05) is 6.07 Å². The van der Waals surface area contributed by atoms with E-state index in [1.54, 1.807) is 0 Å². The average Bonchev–Trinajstić information content (AvgIpc) is 2.83. The second kappa shape index (κ2) is 5.29. The zero-order chi connectivity index (χ0) is 12.3. The topological polar surface area (TPSA) is 32.3 Å². The Kier molecular flexibility index (Phi) is 3.97. The maximum Gasteiger partial charge on any atom is 0.174 e. The third-order valence-electron chi connectivity index (χ3n) is 3.36. The molecule has 17 heavy (non-hydrogen) atoms. The van der Waals surface area contributed by atoms with Gasteiger partial charge in [0.25, 0.3) is 0 Å². The number of Topliss-reactive ketones (excluding diaryl/α,β-unsaturated/α-hetero) is 1. The summed E-state index contributed by atoms with van der Waals surface area (Å²) in [5.41, 5.74) is -0.0385. The summed E-state index contributed by atoms with van der Waals surface area (Å²) in [6.45, 7) is 8.45. The molecule has 0 bridgehead atoms. The maximum atomic E-state index is 12.1. The molecule has 1 aliphatic rings. The Morgan fingerprint density at radius 2 is 2.18 bits per heavy atom. The van der Waals surface area contributed by atoms with Crippen molar-refractivity contribution in [3.05, 3.63) is 22.4 Å². The van der Waals surface area contributed by atoms with Crippen molar-refractivity contribution in [2.24, 2.45) is 0 Å². The number of thiophene rings is 1. The fraction of sp³-hybridized carbons (Fsp3) is 0.615. The number of hydrogen-bond acceptors (Lipinski definition) is 4. The molecule has 2 heterocycles. The van der Waals surface area contributed by atoms with Crippen LogP contribution < -0.4 is 5.32 Å². The van der Waals surface area contributed by atoms with Gasteiger partial charge in [-0.3, -0.25) is 9.69 Å². The quantitative estimate of drug-likeness (QED) is 0.832. The summed E-state index contributed by atoms with van der Waals surface area (Å²) in [4.78, 5) is 15.4. The SMILES string of the molecule is CC(C)(CC(=O)c1cccs1)N1CCNCC1. The van der Waals surface area contributed by atoms with Crippen LogP contribution >= 0.6 is 11.3 Å². The lowest BCUT2D eigenvalue weighted by molar-refractivity contribution is 0.0733. The second-order valence-electron chi connectivity index (χ2n) is 5.13. The Morgan fingerprint density at radius 3 is 2.76 bits per heavy atom. The van der Waals surface area contributed by atoms with E-state index in [0.29, 0.717) is 6.42 Å². The third kappa shape index (κ3) is 3.15. The minimum Gasteiger partial charge on any atom is -0.314 e. The van der Waals surface area contributed by atoms with E-state index >= 15 is 0 Å². The molecule has 2 rings (SSSR count). The minimum absolute atomic E-state index is 0.0385. The fourth-order valence-electron chi connectivity index (χ4n) is 2.30. The highest BCUT2D eigenvalue weighted by atomic mass is 32.1. The molecule has 0 spiro atoms. The lowest BCUT2D eigenvalue weighted by Gasteiger charge is -2.40. The molecular weight excluding hydrogens is 232 g/mol. The van der Waals surface area contributed by atoms with Gasteiger partial charge in [-0.05, 0) is 25.3 Å². The number of rotatable bonds is 4. The molecule has 1 N–H and O–H groups in total. The summed E-state index contributed by atoms with van der Waals surface area (Å²) in [5, 5.41) is 5.31. The molecule has 94 valence electrons. The Balaban J connectivity index is 1.98. The standard InChI is InChI=1S/C13H20N2OS/c1-13(2,15-7-5-14-6-8-15)10-11(16)12-4-3-9-17-12/h3-4,9,14H,5-8,10H2,1-2H3. The van der Waals surface area contributed by atoms with Crippen molar-refractivity contribution in [2.45, 2.75) is 25.8 Å². The number of nitrogens with one attached hydrogen (secondary N) is 1. The van der Waals surface area contributed by atoms with Gasteiger partial charge < -0.3 is 5.32 Å². The number of piperazine rings is 1. The predicted molar refractivity (Wildman–Crippen MR) is 71.8 cm³/mol. The first-order valence-electron chi connectivity index (χ1n) is 6.12. The van der Waals surface area contributed by atoms with Crippen molar-refractivity contribution in [2.75, 3.05) is 26.2 Å². The monoisotopic (exact) mass is 252 g/mol. The average molecular weight is 252 g/mol. The lowest BCUT2D eigenvalue weighted by atomic mass is 9.94. The first-order chi connectivity index (χ1) is 8.09. The lowest BCUT2D eigenvalue weighted by Crippen LogP contribution is -2.54. The molecule has 0 saturated carbocycles. The molecule has 1 saturated heterocycles. The van der Waals surface area contributed by atoms with Crippen LogP contribution in [0.3, 0.4) is 0 Å². The van der Waals surface area contributed by atoms with Crippen molar-refractivity contribution in [1.29, 1.82) is 0 Å². The summed E-state index contributed by atoms with van der Waals surface area (Å²) in [7, 11) is 0. The highest BCUT2D eigenvalue weighted by molar-refractivity contribution is 7.12. The molecular formula is C13H20N2OS. The zero-order valence-electron chi connectivity index (χ0n) is 10.5. The van der Waals surface area contributed by atoms with Gasteiger partial charge in [0, 0.05) is 38.1 Å². The molecule has 0 amide bonds. The van der Waals surface area contributed by atoms with E-state index in [1.807, 2.05) is 17.5 Å². The van der Waals surface area contributed by atoms with Crippen LogP contribution in [-0.4, -0.2) is 42.4 Å². The zero-order valence-corrected chi connectivity index (χ0v) is 11.3. The minimum atomic E-state index is -0.0385. The summed E-state index contributed by atoms with van der Waals surface area (Å²) in [6, 6.07) is 3.86. The van der Waals surface area contributed by atoms with Gasteiger partial charge in [0.05, 0.1) is 4.88 Å². The van der Waals surface area contributed by atoms with E-state index in [9.17, 15) is 4.79 Å². The second-order valence-corrected chi connectivity index (χ2v) is 6.07. The van der Waals surface area contributed by atoms with E-state index in [0.717, 1.165) is 31.1 Å². The maximum absolute atomic E-state index is 12.1. The number of ketones is 1. The van der Waals surface area contributed by atoms with Crippen molar-refractivity contribution in [3.63, 3.8) is 0 Å². The summed E-state index contributed by atoms with van der Waals surface area (Å²) in [5.74, 6) is 0.267. The molecule has 1 aromatic heterocycles. The van der Waals surface area contributed by atoms with Crippen LogP contribution in [0.25, 0.3) is 0 Å². The molecule has 3 nitrogen and oxygen atoms in total. The number of hydrogen-bond donors (Lipinski definition) is 1. The molecule has 1 fully saturated rings. The van der Waals surface area contributed by atoms with Crippen LogP contribution in [0.5, 0.6) is 0 Å². The molecule has 0 atom stereocenters. The highest BCUT2D eigenvalue weighted by Gasteiger charge is 2.30. The fourth-order valence-corrected chi connectivity index (χ4v) is 2.96. The molecule has 0 radical (unpaired) electrons. The van der Waals surface area contributed by atoms with Crippen LogP contribution in [0.1, 0.15) is 29.9 Å². The third-order valence-corrected chi connectivity index (χ3v) is 4.27. The van der Waals surface area contributed by atoms with Gasteiger partial charge in [-0.2, -0.15) is 0 Å². The van der Waals surface area contributed by atoms with Crippen molar-refractivity contribution in [3.8, 4) is 0 Å². The van der Waals surface area contributed by atoms with Crippen molar-refractivity contribution >= 4 is 17.1 Å². The van der Waals surface area contributed by atoms with Gasteiger partial charge in [-0.15, -0.1) is 11.3 Å². The Labute approximate surface area is 107 Å². The predicted octanol–water partition coefficient (Wildman–Crippen LogP) is 2.00. The van der Waals surface area contributed by atoms with Crippen LogP contribution in [-0.2, 0) is 0 Å².